The first-order valence-electron chi connectivity index (χ1n) is 5.09. The van der Waals surface area contributed by atoms with Crippen LogP contribution in [-0.4, -0.2) is 43.3 Å². The molecule has 1 aliphatic carbocycles. The van der Waals surface area contributed by atoms with Crippen LogP contribution in [-0.2, 0) is 0 Å². The second-order valence-electron chi connectivity index (χ2n) is 4.25. The molecule has 0 saturated heterocycles. The lowest BCUT2D eigenvalue weighted by atomic mass is 9.81. The molecule has 7 heteroatoms. The topological polar surface area (TPSA) is 58.4 Å². The van der Waals surface area contributed by atoms with Gasteiger partial charge in [-0.05, 0) is 18.8 Å². The van der Waals surface area contributed by atoms with E-state index >= 15 is 0 Å². The lowest BCUT2D eigenvalue weighted by molar-refractivity contribution is -0.123. The molecule has 0 aromatic heterocycles. The van der Waals surface area contributed by atoms with E-state index in [1.165, 1.54) is 11.9 Å². The molecule has 3 N–H and O–H groups in total. The quantitative estimate of drug-likeness (QED) is 0.769. The molecular weight excluding hydrogens is 223 g/mol. The minimum atomic E-state index is -4.37. The molecule has 0 bridgehead atoms. The number of alkyl halides is 3. The van der Waals surface area contributed by atoms with Gasteiger partial charge in [0.2, 0.25) is 0 Å². The van der Waals surface area contributed by atoms with Crippen molar-refractivity contribution >= 4 is 6.03 Å². The minimum absolute atomic E-state index is 0.177. The van der Waals surface area contributed by atoms with Crippen molar-refractivity contribution in [3.05, 3.63) is 0 Å². The zero-order valence-corrected chi connectivity index (χ0v) is 9.05. The summed E-state index contributed by atoms with van der Waals surface area (Å²) in [6.45, 7) is -0.836. The Labute approximate surface area is 92.0 Å². The number of hydrogen-bond donors (Lipinski definition) is 2. The molecule has 0 radical (unpaired) electrons. The average Bonchev–Trinajstić information content (AvgIpc) is 2.10. The molecule has 0 unspecified atom stereocenters. The van der Waals surface area contributed by atoms with Crippen molar-refractivity contribution in [1.82, 2.24) is 10.2 Å². The highest BCUT2D eigenvalue weighted by Crippen LogP contribution is 2.25. The first-order valence-corrected chi connectivity index (χ1v) is 5.09. The van der Waals surface area contributed by atoms with Gasteiger partial charge in [-0.1, -0.05) is 0 Å². The molecule has 0 aromatic rings. The highest BCUT2D eigenvalue weighted by Gasteiger charge is 2.30. The summed E-state index contributed by atoms with van der Waals surface area (Å²) in [5.41, 5.74) is 5.57. The van der Waals surface area contributed by atoms with Crippen LogP contribution in [0.2, 0.25) is 0 Å². The fourth-order valence-electron chi connectivity index (χ4n) is 1.72. The van der Waals surface area contributed by atoms with Crippen molar-refractivity contribution in [3.63, 3.8) is 0 Å². The summed E-state index contributed by atoms with van der Waals surface area (Å²) in [5.74, 6) is 0.316. The van der Waals surface area contributed by atoms with Gasteiger partial charge in [-0.3, -0.25) is 0 Å². The molecule has 0 atom stereocenters. The summed E-state index contributed by atoms with van der Waals surface area (Å²) in [6, 6.07) is -0.519. The van der Waals surface area contributed by atoms with Crippen molar-refractivity contribution in [2.75, 3.05) is 20.1 Å². The van der Waals surface area contributed by atoms with Crippen LogP contribution < -0.4 is 11.1 Å². The van der Waals surface area contributed by atoms with Crippen molar-refractivity contribution in [1.29, 1.82) is 0 Å². The van der Waals surface area contributed by atoms with Crippen LogP contribution >= 0.6 is 0 Å². The van der Waals surface area contributed by atoms with Crippen molar-refractivity contribution < 1.29 is 18.0 Å². The lowest BCUT2D eigenvalue weighted by Gasteiger charge is -2.35. The van der Waals surface area contributed by atoms with E-state index in [2.05, 4.69) is 0 Å². The summed E-state index contributed by atoms with van der Waals surface area (Å²) in [6.07, 6.45) is -2.71. The standard InChI is InChI=1S/C9H16F3N3O/c1-15(4-6-2-7(13)3-6)8(16)14-5-9(10,11)12/h6-7H,2-5,13H2,1H3,(H,14,16). The van der Waals surface area contributed by atoms with Gasteiger partial charge in [-0.2, -0.15) is 13.2 Å². The summed E-state index contributed by atoms with van der Waals surface area (Å²) in [7, 11) is 1.48. The number of hydrogen-bond acceptors (Lipinski definition) is 2. The van der Waals surface area contributed by atoms with Crippen LogP contribution in [0.1, 0.15) is 12.8 Å². The van der Waals surface area contributed by atoms with Gasteiger partial charge in [0.1, 0.15) is 6.54 Å². The van der Waals surface area contributed by atoms with E-state index in [4.69, 9.17) is 5.73 Å². The smallest absolute Gasteiger partial charge is 0.329 e. The molecule has 2 amide bonds. The Kier molecular flexibility index (Phi) is 4.01. The van der Waals surface area contributed by atoms with E-state index in [1.54, 1.807) is 0 Å². The molecule has 94 valence electrons. The Morgan fingerprint density at radius 1 is 1.50 bits per heavy atom. The predicted molar refractivity (Wildman–Crippen MR) is 52.8 cm³/mol. The van der Waals surface area contributed by atoms with Gasteiger partial charge in [-0.25, -0.2) is 4.79 Å². The number of halogens is 3. The van der Waals surface area contributed by atoms with E-state index in [1.807, 2.05) is 5.32 Å². The number of urea groups is 1. The average molecular weight is 239 g/mol. The number of rotatable bonds is 3. The van der Waals surface area contributed by atoms with E-state index in [9.17, 15) is 18.0 Å². The van der Waals surface area contributed by atoms with Gasteiger partial charge in [-0.15, -0.1) is 0 Å². The molecule has 0 spiro atoms. The van der Waals surface area contributed by atoms with E-state index in [-0.39, 0.29) is 6.04 Å². The number of amides is 2. The number of carbonyl (C=O) groups is 1. The van der Waals surface area contributed by atoms with Crippen molar-refractivity contribution in [3.8, 4) is 0 Å². The summed E-state index contributed by atoms with van der Waals surface area (Å²) in [4.78, 5) is 12.5. The maximum Gasteiger partial charge on any atom is 0.405 e. The van der Waals surface area contributed by atoms with Crippen LogP contribution in [0, 0.1) is 5.92 Å². The van der Waals surface area contributed by atoms with Gasteiger partial charge in [0.05, 0.1) is 0 Å². The highest BCUT2D eigenvalue weighted by atomic mass is 19.4. The first-order chi connectivity index (χ1) is 7.28. The molecular formula is C9H16F3N3O. The fraction of sp³-hybridized carbons (Fsp3) is 0.889. The second-order valence-corrected chi connectivity index (χ2v) is 4.25. The molecule has 0 heterocycles. The maximum absolute atomic E-state index is 11.8. The number of nitrogens with two attached hydrogens (primary N) is 1. The molecule has 1 aliphatic rings. The minimum Gasteiger partial charge on any atom is -0.329 e. The number of nitrogens with one attached hydrogen (secondary N) is 1. The third-order valence-corrected chi connectivity index (χ3v) is 2.59. The maximum atomic E-state index is 11.8. The van der Waals surface area contributed by atoms with E-state index < -0.39 is 18.8 Å². The third kappa shape index (κ3) is 4.26. The molecule has 0 aliphatic heterocycles. The summed E-state index contributed by atoms with van der Waals surface area (Å²) < 4.78 is 35.5. The SMILES string of the molecule is CN(CC1CC(N)C1)C(=O)NCC(F)(F)F. The van der Waals surface area contributed by atoms with E-state index in [0.29, 0.717) is 12.5 Å². The van der Waals surface area contributed by atoms with Crippen LogP contribution in [0.25, 0.3) is 0 Å². The zero-order valence-electron chi connectivity index (χ0n) is 9.05. The van der Waals surface area contributed by atoms with Crippen molar-refractivity contribution in [2.45, 2.75) is 25.1 Å². The number of carbonyl (C=O) groups excluding carboxylic acids is 1. The van der Waals surface area contributed by atoms with Gasteiger partial charge < -0.3 is 16.0 Å². The Morgan fingerprint density at radius 2 is 2.06 bits per heavy atom. The molecule has 1 fully saturated rings. The summed E-state index contributed by atoms with van der Waals surface area (Å²) >= 11 is 0. The molecule has 1 rings (SSSR count). The van der Waals surface area contributed by atoms with Crippen LogP contribution in [0.15, 0.2) is 0 Å². The van der Waals surface area contributed by atoms with Crippen LogP contribution in [0.4, 0.5) is 18.0 Å². The van der Waals surface area contributed by atoms with E-state index in [0.717, 1.165) is 12.8 Å². The normalized spacial score (nSPS) is 24.8. The Bertz CT molecular complexity index is 251. The molecule has 4 nitrogen and oxygen atoms in total. The van der Waals surface area contributed by atoms with Crippen LogP contribution in [0.3, 0.4) is 0 Å². The van der Waals surface area contributed by atoms with Gasteiger partial charge in [0.25, 0.3) is 0 Å². The van der Waals surface area contributed by atoms with Gasteiger partial charge >= 0.3 is 12.2 Å². The predicted octanol–water partition coefficient (Wildman–Crippen LogP) is 0.927. The van der Waals surface area contributed by atoms with Gasteiger partial charge in [0.15, 0.2) is 0 Å². The van der Waals surface area contributed by atoms with Crippen LogP contribution in [0.5, 0.6) is 0 Å². The Morgan fingerprint density at radius 3 is 2.50 bits per heavy atom. The van der Waals surface area contributed by atoms with Crippen molar-refractivity contribution in [2.24, 2.45) is 11.7 Å². The lowest BCUT2D eigenvalue weighted by Crippen LogP contribution is -2.47. The molecule has 16 heavy (non-hydrogen) atoms. The zero-order chi connectivity index (χ0) is 12.3. The highest BCUT2D eigenvalue weighted by molar-refractivity contribution is 5.73. The number of nitrogens with zero attached hydrogens (tertiary/aromatic N) is 1. The van der Waals surface area contributed by atoms with Gasteiger partial charge in [0, 0.05) is 19.6 Å². The second kappa shape index (κ2) is 4.90. The Balaban J connectivity index is 2.20. The monoisotopic (exact) mass is 239 g/mol. The first kappa shape index (κ1) is 13.1. The molecule has 0 aromatic carbocycles. The Hall–Kier alpha value is -0.980. The summed E-state index contributed by atoms with van der Waals surface area (Å²) in [5, 5.41) is 1.82. The fourth-order valence-corrected chi connectivity index (χ4v) is 1.72. The third-order valence-electron chi connectivity index (χ3n) is 2.59. The molecule has 1 saturated carbocycles. The largest absolute Gasteiger partial charge is 0.405 e.